The molecule has 1 fully saturated rings. The largest absolute Gasteiger partial charge is 0.369 e. The number of rotatable bonds is 1. The Morgan fingerprint density at radius 1 is 1.25 bits per heavy atom. The fourth-order valence-corrected chi connectivity index (χ4v) is 6.45. The first-order chi connectivity index (χ1) is 19.0. The van der Waals surface area contributed by atoms with Crippen LogP contribution in [-0.4, -0.2) is 83.1 Å². The van der Waals surface area contributed by atoms with Crippen molar-refractivity contribution in [3.05, 3.63) is 35.0 Å². The van der Waals surface area contributed by atoms with E-state index in [-0.39, 0.29) is 42.7 Å². The molecule has 0 saturated carbocycles. The van der Waals surface area contributed by atoms with Crippen LogP contribution in [0.5, 0.6) is 0 Å². The zero-order valence-corrected chi connectivity index (χ0v) is 22.7. The lowest BCUT2D eigenvalue weighted by molar-refractivity contribution is -0.0456. The highest BCUT2D eigenvalue weighted by molar-refractivity contribution is 8.07. The predicted octanol–water partition coefficient (Wildman–Crippen LogP) is 0.219. The van der Waals surface area contributed by atoms with E-state index in [0.29, 0.717) is 11.2 Å². The number of halogens is 1. The van der Waals surface area contributed by atoms with Crippen molar-refractivity contribution in [2.24, 2.45) is 0 Å². The molecule has 6 atom stereocenters. The second-order valence-corrected chi connectivity index (χ2v) is 13.1. The fraction of sp³-hybridized carbons (Fsp3) is 0.444. The molecule has 4 N–H and O–H groups in total. The van der Waals surface area contributed by atoms with Crippen LogP contribution in [-0.2, 0) is 52.4 Å². The van der Waals surface area contributed by atoms with E-state index in [4.69, 9.17) is 47.9 Å². The summed E-state index contributed by atoms with van der Waals surface area (Å²) in [6.07, 6.45) is -2.56. The van der Waals surface area contributed by atoms with Crippen molar-refractivity contribution in [3.8, 4) is 0 Å². The van der Waals surface area contributed by atoms with Gasteiger partial charge < -0.3 is 33.5 Å². The number of hydrogen-bond acceptors (Lipinski definition) is 14. The summed E-state index contributed by atoms with van der Waals surface area (Å²) in [4.78, 5) is 46.0. The number of alkyl halides is 1. The van der Waals surface area contributed by atoms with Gasteiger partial charge in [-0.25, -0.2) is 24.3 Å². The minimum absolute atomic E-state index is 0.0576. The SMILES string of the molecule is [B]P1(=O)OCCn2c(nc3cncnc32)COP(O)(=S)O[C@@H]2[C@H](F)[C@@H](CO1)O[C@H]2n1cnc2c(=O)[nH]c(N)nc21. The number of nitrogens with one attached hydrogen (secondary N) is 1. The number of H-pyrrole nitrogens is 1. The minimum atomic E-state index is -4.19. The Morgan fingerprint density at radius 2 is 2.08 bits per heavy atom. The summed E-state index contributed by atoms with van der Waals surface area (Å²) in [5.74, 6) is 0.00674. The molecule has 2 aliphatic heterocycles. The van der Waals surface area contributed by atoms with Gasteiger partial charge in [-0.3, -0.25) is 23.4 Å². The molecule has 17 nitrogen and oxygen atoms in total. The van der Waals surface area contributed by atoms with Crippen LogP contribution in [0.25, 0.3) is 22.3 Å². The van der Waals surface area contributed by atoms with Crippen LogP contribution in [0, 0.1) is 0 Å². The minimum Gasteiger partial charge on any atom is -0.369 e. The van der Waals surface area contributed by atoms with Gasteiger partial charge in [0.15, 0.2) is 29.2 Å². The zero-order valence-electron chi connectivity index (χ0n) is 20.1. The van der Waals surface area contributed by atoms with E-state index in [9.17, 15) is 14.3 Å². The number of nitrogens with two attached hydrogens (primary N) is 1. The predicted molar refractivity (Wildman–Crippen MR) is 138 cm³/mol. The Balaban J connectivity index is 1.38. The highest BCUT2D eigenvalue weighted by Gasteiger charge is 2.50. The molecule has 2 radical (unpaired) electrons. The molecule has 2 aliphatic rings. The first kappa shape index (κ1) is 27.5. The number of nitrogen functional groups attached to an aromatic ring is 1. The molecule has 1 saturated heterocycles. The molecule has 4 aromatic rings. The highest BCUT2D eigenvalue weighted by atomic mass is 32.5. The second-order valence-electron chi connectivity index (χ2n) is 8.68. The van der Waals surface area contributed by atoms with E-state index in [1.54, 1.807) is 4.57 Å². The standard InChI is InChI=1S/C18H19BFN9O8P2S/c19-38(31)33-2-1-28-10(25-8-3-22-6-23-14(8)28)5-35-39(32,40)37-13-11(20)9(4-34-38)36-17(13)29-7-24-12-15(29)26-18(21)27-16(12)30/h3,6-7,9,11,13,17H,1-2,4-5H2,(H,32,40)(H3,21,26,27,30)/t9-,11-,13-,17-,38?,39?/m1/s1. The van der Waals surface area contributed by atoms with Gasteiger partial charge in [-0.05, 0) is 11.8 Å². The van der Waals surface area contributed by atoms with E-state index in [0.717, 1.165) is 6.33 Å². The third kappa shape index (κ3) is 5.22. The molecule has 0 aromatic carbocycles. The topological polar surface area (TPSA) is 217 Å². The average molecular weight is 613 g/mol. The van der Waals surface area contributed by atoms with Crippen LogP contribution >= 0.6 is 14.2 Å². The number of fused-ring (bicyclic) bond motifs is 6. The number of aromatic nitrogens is 8. The van der Waals surface area contributed by atoms with E-state index in [2.05, 4.69) is 29.9 Å². The van der Waals surface area contributed by atoms with Gasteiger partial charge in [0.1, 0.15) is 36.5 Å². The van der Waals surface area contributed by atoms with Gasteiger partial charge in [-0.1, -0.05) is 0 Å². The van der Waals surface area contributed by atoms with Crippen molar-refractivity contribution >= 4 is 61.8 Å². The van der Waals surface area contributed by atoms with Crippen molar-refractivity contribution in [2.75, 3.05) is 18.9 Å². The van der Waals surface area contributed by atoms with Crippen molar-refractivity contribution in [1.82, 2.24) is 39.0 Å². The lowest BCUT2D eigenvalue weighted by atomic mass is 10.1. The van der Waals surface area contributed by atoms with Crippen LogP contribution in [0.4, 0.5) is 10.3 Å². The summed E-state index contributed by atoms with van der Waals surface area (Å²) in [6.45, 7) is -5.33. The van der Waals surface area contributed by atoms with Crippen LogP contribution in [0.1, 0.15) is 12.1 Å². The van der Waals surface area contributed by atoms with Crippen molar-refractivity contribution in [1.29, 1.82) is 0 Å². The molecule has 4 aromatic heterocycles. The molecule has 2 bridgehead atoms. The maximum absolute atomic E-state index is 15.8. The van der Waals surface area contributed by atoms with E-state index in [1.807, 2.05) is 0 Å². The van der Waals surface area contributed by atoms with E-state index in [1.165, 1.54) is 17.1 Å². The molecule has 210 valence electrons. The molecule has 0 amide bonds. The molecular formula is C18H19BFN9O8P2S. The van der Waals surface area contributed by atoms with Gasteiger partial charge in [0.2, 0.25) is 13.5 Å². The van der Waals surface area contributed by atoms with Crippen molar-refractivity contribution in [3.63, 3.8) is 0 Å². The zero-order chi connectivity index (χ0) is 28.2. The van der Waals surface area contributed by atoms with Gasteiger partial charge >= 0.3 is 6.72 Å². The number of nitrogens with zero attached hydrogens (tertiary/aromatic N) is 7. The quantitative estimate of drug-likeness (QED) is 0.193. The maximum Gasteiger partial charge on any atom is 0.325 e. The molecule has 2 unspecified atom stereocenters. The summed E-state index contributed by atoms with van der Waals surface area (Å²) in [5.41, 5.74) is 5.64. The average Bonchev–Trinajstić information content (AvgIpc) is 3.55. The molecule has 0 aliphatic carbocycles. The molecule has 22 heteroatoms. The number of imidazole rings is 2. The van der Waals surface area contributed by atoms with Crippen LogP contribution in [0.2, 0.25) is 0 Å². The number of hydrogen-bond donors (Lipinski definition) is 3. The third-order valence-corrected chi connectivity index (χ3v) is 8.69. The summed E-state index contributed by atoms with van der Waals surface area (Å²) < 4.78 is 58.7. The monoisotopic (exact) mass is 613 g/mol. The first-order valence-corrected chi connectivity index (χ1v) is 15.7. The van der Waals surface area contributed by atoms with E-state index >= 15 is 4.39 Å². The first-order valence-electron chi connectivity index (χ1n) is 11.5. The number of anilines is 1. The number of ether oxygens (including phenoxy) is 1. The molecule has 6 heterocycles. The Kier molecular flexibility index (Phi) is 7.09. The normalized spacial score (nSPS) is 32.0. The van der Waals surface area contributed by atoms with Gasteiger partial charge in [0.25, 0.3) is 13.0 Å². The second kappa shape index (κ2) is 10.3. The molecule has 6 rings (SSSR count). The van der Waals surface area contributed by atoms with Crippen LogP contribution < -0.4 is 11.3 Å². The summed E-state index contributed by atoms with van der Waals surface area (Å²) in [6, 6.07) is 0. The molecular weight excluding hydrogens is 594 g/mol. The van der Waals surface area contributed by atoms with Gasteiger partial charge in [-0.2, -0.15) is 4.98 Å². The van der Waals surface area contributed by atoms with Gasteiger partial charge in [0.05, 0.1) is 25.7 Å². The lowest BCUT2D eigenvalue weighted by Gasteiger charge is -2.25. The Bertz CT molecular complexity index is 1760. The van der Waals surface area contributed by atoms with Crippen LogP contribution in [0.3, 0.4) is 0 Å². The smallest absolute Gasteiger partial charge is 0.325 e. The lowest BCUT2D eigenvalue weighted by Crippen LogP contribution is -2.32. The number of aromatic amines is 1. The van der Waals surface area contributed by atoms with E-state index < -0.39 is 51.0 Å². The van der Waals surface area contributed by atoms with Crippen molar-refractivity contribution in [2.45, 2.75) is 37.8 Å². The summed E-state index contributed by atoms with van der Waals surface area (Å²) in [7, 11) is 1.53. The fourth-order valence-electron chi connectivity index (χ4n) is 4.36. The summed E-state index contributed by atoms with van der Waals surface area (Å²) >= 11 is 5.19. The van der Waals surface area contributed by atoms with Gasteiger partial charge in [-0.15, -0.1) is 0 Å². The Labute approximate surface area is 229 Å². The third-order valence-electron chi connectivity index (χ3n) is 6.10. The van der Waals surface area contributed by atoms with Crippen LogP contribution in [0.15, 0.2) is 23.6 Å². The molecule has 0 spiro atoms. The summed E-state index contributed by atoms with van der Waals surface area (Å²) in [5, 5.41) is 0. The highest BCUT2D eigenvalue weighted by Crippen LogP contribution is 2.51. The maximum atomic E-state index is 15.8. The Hall–Kier alpha value is -2.67. The Morgan fingerprint density at radius 3 is 2.90 bits per heavy atom. The van der Waals surface area contributed by atoms with Crippen molar-refractivity contribution < 1.29 is 36.7 Å². The molecule has 40 heavy (non-hydrogen) atoms. The van der Waals surface area contributed by atoms with Gasteiger partial charge in [0, 0.05) is 6.54 Å².